The molecule has 0 bridgehead atoms. The van der Waals surface area contributed by atoms with Crippen LogP contribution >= 0.6 is 15.9 Å². The summed E-state index contributed by atoms with van der Waals surface area (Å²) >= 11 is 3.09. The summed E-state index contributed by atoms with van der Waals surface area (Å²) in [6.45, 7) is 2.91. The largest absolute Gasteiger partial charge is 0.418 e. The molecule has 1 aliphatic rings. The van der Waals surface area contributed by atoms with Gasteiger partial charge in [-0.15, -0.1) is 0 Å². The molecule has 0 amide bonds. The predicted octanol–water partition coefficient (Wildman–Crippen LogP) is 4.02. The second kappa shape index (κ2) is 5.71. The van der Waals surface area contributed by atoms with E-state index in [9.17, 15) is 13.2 Å². The molecule has 2 N–H and O–H groups in total. The second-order valence-corrected chi connectivity index (χ2v) is 5.74. The van der Waals surface area contributed by atoms with Gasteiger partial charge in [0, 0.05) is 22.2 Å². The highest BCUT2D eigenvalue weighted by Gasteiger charge is 2.34. The van der Waals surface area contributed by atoms with Gasteiger partial charge in [-0.3, -0.25) is 0 Å². The Balaban J connectivity index is 2.24. The van der Waals surface area contributed by atoms with Crippen molar-refractivity contribution < 1.29 is 13.2 Å². The molecule has 1 saturated heterocycles. The maximum atomic E-state index is 13.0. The fraction of sp³-hybridized carbons (Fsp3) is 0.538. The van der Waals surface area contributed by atoms with Crippen LogP contribution in [0.1, 0.15) is 25.3 Å². The zero-order valence-electron chi connectivity index (χ0n) is 10.5. The minimum absolute atomic E-state index is 0.0241. The topological polar surface area (TPSA) is 24.1 Å². The summed E-state index contributed by atoms with van der Waals surface area (Å²) in [5, 5.41) is 6.30. The zero-order chi connectivity index (χ0) is 14.0. The molecule has 0 aliphatic carbocycles. The van der Waals surface area contributed by atoms with Crippen LogP contribution in [0.15, 0.2) is 22.7 Å². The number of hydrogen-bond donors (Lipinski definition) is 2. The molecule has 19 heavy (non-hydrogen) atoms. The van der Waals surface area contributed by atoms with Crippen molar-refractivity contribution in [1.29, 1.82) is 0 Å². The van der Waals surface area contributed by atoms with E-state index in [4.69, 9.17) is 0 Å². The van der Waals surface area contributed by atoms with E-state index in [2.05, 4.69) is 26.6 Å². The number of piperidine rings is 1. The fourth-order valence-electron chi connectivity index (χ4n) is 2.32. The van der Waals surface area contributed by atoms with Gasteiger partial charge in [-0.1, -0.05) is 15.9 Å². The third-order valence-electron chi connectivity index (χ3n) is 3.39. The lowest BCUT2D eigenvalue weighted by molar-refractivity contribution is -0.137. The van der Waals surface area contributed by atoms with Gasteiger partial charge in [0.05, 0.1) is 5.56 Å². The van der Waals surface area contributed by atoms with Crippen molar-refractivity contribution in [1.82, 2.24) is 5.32 Å². The molecule has 0 saturated carbocycles. The first-order valence-electron chi connectivity index (χ1n) is 6.24. The number of hydrogen-bond acceptors (Lipinski definition) is 2. The minimum Gasteiger partial charge on any atom is -0.380 e. The highest BCUT2D eigenvalue weighted by molar-refractivity contribution is 9.10. The molecule has 0 radical (unpaired) electrons. The lowest BCUT2D eigenvalue weighted by atomic mass is 9.99. The van der Waals surface area contributed by atoms with Crippen molar-refractivity contribution >= 4 is 21.6 Å². The monoisotopic (exact) mass is 336 g/mol. The summed E-state index contributed by atoms with van der Waals surface area (Å²) in [5.74, 6) is 0. The number of anilines is 1. The lowest BCUT2D eigenvalue weighted by Crippen LogP contribution is -2.46. The molecule has 6 heteroatoms. The van der Waals surface area contributed by atoms with E-state index in [1.165, 1.54) is 6.07 Å². The first-order valence-corrected chi connectivity index (χ1v) is 7.04. The zero-order valence-corrected chi connectivity index (χ0v) is 12.1. The standard InChI is InChI=1S/C13H16BrF3N2/c1-8-11(3-2-6-18-8)19-12-5-4-9(14)7-10(12)13(15,16)17/h4-5,7-8,11,18-19H,2-3,6H2,1H3. The molecule has 1 heterocycles. The summed E-state index contributed by atoms with van der Waals surface area (Å²) in [7, 11) is 0. The predicted molar refractivity (Wildman–Crippen MR) is 73.3 cm³/mol. The van der Waals surface area contributed by atoms with Crippen LogP contribution in [0.2, 0.25) is 0 Å². The van der Waals surface area contributed by atoms with E-state index in [1.807, 2.05) is 6.92 Å². The molecule has 2 atom stereocenters. The van der Waals surface area contributed by atoms with E-state index >= 15 is 0 Å². The highest BCUT2D eigenvalue weighted by Crippen LogP contribution is 2.37. The molecule has 2 nitrogen and oxygen atoms in total. The van der Waals surface area contributed by atoms with Crippen LogP contribution in [0.5, 0.6) is 0 Å². The number of alkyl halides is 3. The Bertz CT molecular complexity index is 448. The molecule has 0 aromatic heterocycles. The van der Waals surface area contributed by atoms with E-state index < -0.39 is 11.7 Å². The molecule has 0 spiro atoms. The van der Waals surface area contributed by atoms with Gasteiger partial charge < -0.3 is 10.6 Å². The van der Waals surface area contributed by atoms with Gasteiger partial charge in [0.25, 0.3) is 0 Å². The third kappa shape index (κ3) is 3.63. The Morgan fingerprint density at radius 3 is 2.74 bits per heavy atom. The molecule has 2 rings (SSSR count). The first-order chi connectivity index (χ1) is 8.88. The van der Waals surface area contributed by atoms with Crippen LogP contribution in [-0.2, 0) is 6.18 Å². The number of nitrogens with one attached hydrogen (secondary N) is 2. The van der Waals surface area contributed by atoms with E-state index in [0.29, 0.717) is 4.47 Å². The van der Waals surface area contributed by atoms with Crippen molar-refractivity contribution in [2.24, 2.45) is 0 Å². The van der Waals surface area contributed by atoms with Crippen LogP contribution < -0.4 is 10.6 Å². The van der Waals surface area contributed by atoms with Crippen LogP contribution in [0.4, 0.5) is 18.9 Å². The maximum Gasteiger partial charge on any atom is 0.418 e. The molecular weight excluding hydrogens is 321 g/mol. The Kier molecular flexibility index (Phi) is 4.40. The second-order valence-electron chi connectivity index (χ2n) is 4.82. The third-order valence-corrected chi connectivity index (χ3v) is 3.88. The van der Waals surface area contributed by atoms with E-state index in [-0.39, 0.29) is 17.8 Å². The summed E-state index contributed by atoms with van der Waals surface area (Å²) in [5.41, 5.74) is -0.476. The summed E-state index contributed by atoms with van der Waals surface area (Å²) in [6, 6.07) is 4.41. The van der Waals surface area contributed by atoms with Gasteiger partial charge in [-0.05, 0) is 44.5 Å². The normalized spacial score (nSPS) is 24.3. The number of rotatable bonds is 2. The summed E-state index contributed by atoms with van der Waals surface area (Å²) < 4.78 is 39.4. The van der Waals surface area contributed by atoms with Crippen molar-refractivity contribution in [2.45, 2.75) is 38.0 Å². The first kappa shape index (κ1) is 14.7. The van der Waals surface area contributed by atoms with Gasteiger partial charge in [0.15, 0.2) is 0 Å². The minimum atomic E-state index is -4.35. The van der Waals surface area contributed by atoms with Crippen molar-refractivity contribution in [3.05, 3.63) is 28.2 Å². The van der Waals surface area contributed by atoms with Gasteiger partial charge in [0.2, 0.25) is 0 Å². The van der Waals surface area contributed by atoms with Crippen LogP contribution in [0, 0.1) is 0 Å². The molecule has 1 fully saturated rings. The van der Waals surface area contributed by atoms with Crippen LogP contribution in [0.25, 0.3) is 0 Å². The molecule has 2 unspecified atom stereocenters. The molecule has 1 aromatic rings. The Labute approximate surface area is 118 Å². The lowest BCUT2D eigenvalue weighted by Gasteiger charge is -2.32. The average Bonchev–Trinajstić information content (AvgIpc) is 2.33. The molecule has 1 aromatic carbocycles. The molecule has 1 aliphatic heterocycles. The van der Waals surface area contributed by atoms with Gasteiger partial charge in [0.1, 0.15) is 0 Å². The Morgan fingerprint density at radius 1 is 1.37 bits per heavy atom. The molecular formula is C13H16BrF3N2. The number of halogens is 4. The van der Waals surface area contributed by atoms with Crippen LogP contribution in [0.3, 0.4) is 0 Å². The molecule has 106 valence electrons. The van der Waals surface area contributed by atoms with Crippen LogP contribution in [-0.4, -0.2) is 18.6 Å². The maximum absolute atomic E-state index is 13.0. The SMILES string of the molecule is CC1NCCCC1Nc1ccc(Br)cc1C(F)(F)F. The Morgan fingerprint density at radius 2 is 2.11 bits per heavy atom. The van der Waals surface area contributed by atoms with Crippen molar-refractivity contribution in [2.75, 3.05) is 11.9 Å². The Hall–Kier alpha value is -0.750. The smallest absolute Gasteiger partial charge is 0.380 e. The summed E-state index contributed by atoms with van der Waals surface area (Å²) in [4.78, 5) is 0. The van der Waals surface area contributed by atoms with Crippen molar-refractivity contribution in [3.63, 3.8) is 0 Å². The summed E-state index contributed by atoms with van der Waals surface area (Å²) in [6.07, 6.45) is -2.50. The fourth-order valence-corrected chi connectivity index (χ4v) is 2.68. The van der Waals surface area contributed by atoms with Gasteiger partial charge in [-0.2, -0.15) is 13.2 Å². The average molecular weight is 337 g/mol. The van der Waals surface area contributed by atoms with Crippen molar-refractivity contribution in [3.8, 4) is 0 Å². The van der Waals surface area contributed by atoms with E-state index in [0.717, 1.165) is 25.5 Å². The number of benzene rings is 1. The van der Waals surface area contributed by atoms with Gasteiger partial charge in [-0.25, -0.2) is 0 Å². The quantitative estimate of drug-likeness (QED) is 0.852. The van der Waals surface area contributed by atoms with E-state index in [1.54, 1.807) is 6.07 Å². The van der Waals surface area contributed by atoms with Gasteiger partial charge >= 0.3 is 6.18 Å². The highest BCUT2D eigenvalue weighted by atomic mass is 79.9.